The second-order valence-corrected chi connectivity index (χ2v) is 8.49. The lowest BCUT2D eigenvalue weighted by Gasteiger charge is -2.35. The van der Waals surface area contributed by atoms with Gasteiger partial charge in [-0.15, -0.1) is 0 Å². The van der Waals surface area contributed by atoms with Crippen LogP contribution in [0.4, 0.5) is 10.5 Å². The molecule has 3 N–H and O–H groups in total. The van der Waals surface area contributed by atoms with Crippen molar-refractivity contribution in [1.29, 1.82) is 0 Å². The molecule has 2 aliphatic rings. The first kappa shape index (κ1) is 21.3. The van der Waals surface area contributed by atoms with Crippen molar-refractivity contribution < 1.29 is 9.59 Å². The Bertz CT molecular complexity index is 875. The van der Waals surface area contributed by atoms with Gasteiger partial charge in [-0.25, -0.2) is 4.79 Å². The number of nitrogens with zero attached hydrogens (tertiary/aromatic N) is 2. The predicted molar refractivity (Wildman–Crippen MR) is 122 cm³/mol. The molecular weight excluding hydrogens is 390 g/mol. The Morgan fingerprint density at radius 1 is 0.968 bits per heavy atom. The molecule has 1 atom stereocenters. The van der Waals surface area contributed by atoms with E-state index in [4.69, 9.17) is 0 Å². The van der Waals surface area contributed by atoms with Crippen LogP contribution in [0.15, 0.2) is 54.6 Å². The molecule has 0 aromatic heterocycles. The maximum Gasteiger partial charge on any atom is 0.319 e. The minimum absolute atomic E-state index is 0.0840. The first-order valence-electron chi connectivity index (χ1n) is 11.0. The van der Waals surface area contributed by atoms with E-state index in [0.29, 0.717) is 17.3 Å². The zero-order valence-corrected chi connectivity index (χ0v) is 18.0. The van der Waals surface area contributed by atoms with Crippen molar-refractivity contribution in [3.05, 3.63) is 65.7 Å². The summed E-state index contributed by atoms with van der Waals surface area (Å²) in [6.07, 6.45) is 2.09. The van der Waals surface area contributed by atoms with Gasteiger partial charge in [0.1, 0.15) is 0 Å². The Kier molecular flexibility index (Phi) is 6.84. The fourth-order valence-electron chi connectivity index (χ4n) is 3.74. The number of nitrogens with one attached hydrogen (secondary N) is 3. The molecule has 164 valence electrons. The maximum atomic E-state index is 13.0. The van der Waals surface area contributed by atoms with Crippen molar-refractivity contribution in [3.63, 3.8) is 0 Å². The minimum Gasteiger partial charge on any atom is -0.344 e. The molecule has 7 nitrogen and oxygen atoms in total. The third-order valence-corrected chi connectivity index (χ3v) is 5.86. The van der Waals surface area contributed by atoms with E-state index >= 15 is 0 Å². The summed E-state index contributed by atoms with van der Waals surface area (Å²) in [5, 5.41) is 8.91. The van der Waals surface area contributed by atoms with Crippen molar-refractivity contribution in [1.82, 2.24) is 20.4 Å². The van der Waals surface area contributed by atoms with Gasteiger partial charge in [0.25, 0.3) is 5.91 Å². The SMILES string of the molecule is CN1CCN(CC(NC(=O)c2ccc(NC(=O)NC3CC3)cc2)c2ccccc2)CC1. The molecule has 0 bridgehead atoms. The van der Waals surface area contributed by atoms with Crippen molar-refractivity contribution in [2.75, 3.05) is 45.1 Å². The molecular formula is C24H31N5O2. The summed E-state index contributed by atoms with van der Waals surface area (Å²) in [4.78, 5) is 29.6. The summed E-state index contributed by atoms with van der Waals surface area (Å²) in [5.74, 6) is -0.114. The highest BCUT2D eigenvalue weighted by Crippen LogP contribution is 2.19. The summed E-state index contributed by atoms with van der Waals surface area (Å²) in [7, 11) is 2.14. The standard InChI is InChI=1S/C24H31N5O2/c1-28-13-15-29(16-14-28)17-22(18-5-3-2-4-6-18)27-23(30)19-7-9-20(10-8-19)25-24(31)26-21-11-12-21/h2-10,21-22H,11-17H2,1H3,(H,27,30)(H2,25,26,31). The lowest BCUT2D eigenvalue weighted by molar-refractivity contribution is 0.0907. The molecule has 1 aliphatic carbocycles. The smallest absolute Gasteiger partial charge is 0.319 e. The lowest BCUT2D eigenvalue weighted by atomic mass is 10.0. The van der Waals surface area contributed by atoms with Crippen LogP contribution in [0.25, 0.3) is 0 Å². The first-order chi connectivity index (χ1) is 15.1. The second kappa shape index (κ2) is 9.94. The normalized spacial score (nSPS) is 18.2. The highest BCUT2D eigenvalue weighted by atomic mass is 16.2. The Morgan fingerprint density at radius 3 is 2.29 bits per heavy atom. The fourth-order valence-corrected chi connectivity index (χ4v) is 3.74. The number of hydrogen-bond donors (Lipinski definition) is 3. The van der Waals surface area contributed by atoms with Crippen molar-refractivity contribution in [2.24, 2.45) is 0 Å². The summed E-state index contributed by atoms with van der Waals surface area (Å²) in [6.45, 7) is 4.86. The van der Waals surface area contributed by atoms with Gasteiger partial charge in [-0.05, 0) is 49.7 Å². The minimum atomic E-state index is -0.198. The van der Waals surface area contributed by atoms with Gasteiger partial charge in [0.2, 0.25) is 0 Å². The molecule has 7 heteroatoms. The fraction of sp³-hybridized carbons (Fsp3) is 0.417. The number of piperazine rings is 1. The highest BCUT2D eigenvalue weighted by Gasteiger charge is 2.24. The van der Waals surface area contributed by atoms with Crippen LogP contribution in [-0.4, -0.2) is 67.6 Å². The molecule has 3 amide bonds. The van der Waals surface area contributed by atoms with Crippen LogP contribution in [0.3, 0.4) is 0 Å². The number of likely N-dealkylation sites (N-methyl/N-ethyl adjacent to an activating group) is 1. The van der Waals surface area contributed by atoms with Crippen LogP contribution in [0.5, 0.6) is 0 Å². The zero-order valence-electron chi connectivity index (χ0n) is 18.0. The van der Waals surface area contributed by atoms with Crippen LogP contribution < -0.4 is 16.0 Å². The van der Waals surface area contributed by atoms with Gasteiger partial charge in [-0.1, -0.05) is 30.3 Å². The van der Waals surface area contributed by atoms with Gasteiger partial charge >= 0.3 is 6.03 Å². The average molecular weight is 422 g/mol. The van der Waals surface area contributed by atoms with Crippen LogP contribution >= 0.6 is 0 Å². The maximum absolute atomic E-state index is 13.0. The third-order valence-electron chi connectivity index (χ3n) is 5.86. The van der Waals surface area contributed by atoms with E-state index in [9.17, 15) is 9.59 Å². The third kappa shape index (κ3) is 6.29. The molecule has 1 saturated heterocycles. The molecule has 2 aromatic rings. The van der Waals surface area contributed by atoms with E-state index in [1.807, 2.05) is 18.2 Å². The number of urea groups is 1. The van der Waals surface area contributed by atoms with Gasteiger partial charge < -0.3 is 20.9 Å². The van der Waals surface area contributed by atoms with Crippen LogP contribution in [0.2, 0.25) is 0 Å². The predicted octanol–water partition coefficient (Wildman–Crippen LogP) is 2.69. The molecule has 31 heavy (non-hydrogen) atoms. The monoisotopic (exact) mass is 421 g/mol. The van der Waals surface area contributed by atoms with E-state index in [0.717, 1.165) is 51.1 Å². The Labute approximate surface area is 183 Å². The molecule has 2 aromatic carbocycles. The van der Waals surface area contributed by atoms with Gasteiger partial charge in [0, 0.05) is 50.0 Å². The molecule has 1 aliphatic heterocycles. The number of rotatable bonds is 7. The van der Waals surface area contributed by atoms with Gasteiger partial charge in [0.05, 0.1) is 6.04 Å². The molecule has 1 saturated carbocycles. The van der Waals surface area contributed by atoms with E-state index in [2.05, 4.69) is 44.9 Å². The van der Waals surface area contributed by atoms with Crippen molar-refractivity contribution in [3.8, 4) is 0 Å². The molecule has 0 spiro atoms. The van der Waals surface area contributed by atoms with E-state index < -0.39 is 0 Å². The van der Waals surface area contributed by atoms with Gasteiger partial charge in [-0.2, -0.15) is 0 Å². The summed E-state index contributed by atoms with van der Waals surface area (Å²) >= 11 is 0. The highest BCUT2D eigenvalue weighted by molar-refractivity contribution is 5.95. The molecule has 2 fully saturated rings. The number of benzene rings is 2. The van der Waals surface area contributed by atoms with Crippen molar-refractivity contribution >= 4 is 17.6 Å². The largest absolute Gasteiger partial charge is 0.344 e. The van der Waals surface area contributed by atoms with Gasteiger partial charge in [-0.3, -0.25) is 9.69 Å². The number of hydrogen-bond acceptors (Lipinski definition) is 4. The topological polar surface area (TPSA) is 76.7 Å². The summed E-state index contributed by atoms with van der Waals surface area (Å²) < 4.78 is 0. The van der Waals surface area contributed by atoms with Crippen LogP contribution in [-0.2, 0) is 0 Å². The Balaban J connectivity index is 1.38. The number of amides is 3. The second-order valence-electron chi connectivity index (χ2n) is 8.49. The van der Waals surface area contributed by atoms with E-state index in [-0.39, 0.29) is 18.0 Å². The zero-order chi connectivity index (χ0) is 21.6. The van der Waals surface area contributed by atoms with Crippen LogP contribution in [0.1, 0.15) is 34.8 Å². The average Bonchev–Trinajstić information content (AvgIpc) is 3.59. The first-order valence-corrected chi connectivity index (χ1v) is 11.0. The molecule has 4 rings (SSSR count). The Morgan fingerprint density at radius 2 is 1.65 bits per heavy atom. The molecule has 0 radical (unpaired) electrons. The van der Waals surface area contributed by atoms with E-state index in [1.165, 1.54) is 0 Å². The molecule has 1 unspecified atom stereocenters. The molecule has 1 heterocycles. The summed E-state index contributed by atoms with van der Waals surface area (Å²) in [5.41, 5.74) is 2.35. The number of carbonyl (C=O) groups is 2. The van der Waals surface area contributed by atoms with Gasteiger partial charge in [0.15, 0.2) is 0 Å². The van der Waals surface area contributed by atoms with Crippen LogP contribution in [0, 0.1) is 0 Å². The summed E-state index contributed by atoms with van der Waals surface area (Å²) in [6, 6.07) is 17.2. The number of anilines is 1. The quantitative estimate of drug-likeness (QED) is 0.643. The van der Waals surface area contributed by atoms with E-state index in [1.54, 1.807) is 24.3 Å². The lowest BCUT2D eigenvalue weighted by Crippen LogP contribution is -2.47. The number of carbonyl (C=O) groups excluding carboxylic acids is 2. The van der Waals surface area contributed by atoms with Crippen molar-refractivity contribution in [2.45, 2.75) is 24.9 Å². The Hall–Kier alpha value is -2.90.